The van der Waals surface area contributed by atoms with Crippen molar-refractivity contribution < 1.29 is 24.3 Å². The molecule has 0 aromatic carbocycles. The Hall–Kier alpha value is -1.20. The summed E-state index contributed by atoms with van der Waals surface area (Å²) in [4.78, 5) is 32.1. The average molecular weight is 254 g/mol. The molecule has 96 valence electrons. The van der Waals surface area contributed by atoms with Crippen molar-refractivity contribution in [2.45, 2.75) is 18.9 Å². The molecule has 0 saturated heterocycles. The molecule has 0 radical (unpaired) electrons. The Morgan fingerprint density at radius 3 is 2.19 bits per heavy atom. The van der Waals surface area contributed by atoms with E-state index in [1.165, 1.54) is 0 Å². The lowest BCUT2D eigenvalue weighted by Gasteiger charge is -2.06. The molecular weight excluding hydrogens is 236 g/mol. The Bertz CT molecular complexity index is 212. The van der Waals surface area contributed by atoms with E-state index in [1.807, 2.05) is 0 Å². The fourth-order valence-corrected chi connectivity index (χ4v) is 0.669. The molecular formula is C6H18N4O5Si. The molecule has 10 heteroatoms. The summed E-state index contributed by atoms with van der Waals surface area (Å²) in [5.74, 6) is -1.11. The van der Waals surface area contributed by atoms with Gasteiger partial charge in [0.25, 0.3) is 0 Å². The highest BCUT2D eigenvalue weighted by molar-refractivity contribution is 6.30. The number of carboxylic acids is 1. The van der Waals surface area contributed by atoms with E-state index in [0.29, 0.717) is 19.4 Å². The number of rotatable bonds is 5. The lowest BCUT2D eigenvalue weighted by molar-refractivity contribution is -0.138. The van der Waals surface area contributed by atoms with Crippen LogP contribution in [0.3, 0.4) is 0 Å². The number of hydrogen-bond donors (Lipinski definition) is 8. The fraction of sp³-hybridized carbons (Fsp3) is 0.667. The number of carboxylic acid groups (broad SMARTS) is 1. The maximum Gasteiger partial charge on any atom is 0.475 e. The molecule has 9 nitrogen and oxygen atoms in total. The monoisotopic (exact) mass is 254 g/mol. The van der Waals surface area contributed by atoms with E-state index in [2.05, 4.69) is 5.32 Å². The third-order valence-corrected chi connectivity index (χ3v) is 1.32. The van der Waals surface area contributed by atoms with Crippen molar-refractivity contribution in [2.75, 3.05) is 6.54 Å². The fourth-order valence-electron chi connectivity index (χ4n) is 0.669. The molecule has 0 aliphatic rings. The van der Waals surface area contributed by atoms with Crippen molar-refractivity contribution in [1.29, 1.82) is 5.41 Å². The molecule has 0 heterocycles. The molecule has 0 saturated carbocycles. The van der Waals surface area contributed by atoms with Crippen molar-refractivity contribution >= 4 is 21.5 Å². The van der Waals surface area contributed by atoms with E-state index in [0.717, 1.165) is 0 Å². The second-order valence-corrected chi connectivity index (χ2v) is 3.47. The second kappa shape index (κ2) is 10.3. The van der Waals surface area contributed by atoms with Crippen molar-refractivity contribution in [2.24, 2.45) is 11.5 Å². The number of guanidine groups is 1. The smallest absolute Gasteiger partial charge is 0.475 e. The maximum atomic E-state index is 10.2. The molecule has 0 aromatic rings. The van der Waals surface area contributed by atoms with Gasteiger partial charge in [-0.15, -0.1) is 0 Å². The first kappa shape index (κ1) is 17.2. The summed E-state index contributed by atoms with van der Waals surface area (Å²) in [7, 11) is -3.14. The third-order valence-electron chi connectivity index (χ3n) is 1.32. The molecule has 16 heavy (non-hydrogen) atoms. The zero-order valence-electron chi connectivity index (χ0n) is 8.63. The van der Waals surface area contributed by atoms with Crippen LogP contribution in [0.5, 0.6) is 0 Å². The summed E-state index contributed by atoms with van der Waals surface area (Å²) in [6, 6.07) is -0.821. The van der Waals surface area contributed by atoms with E-state index in [-0.39, 0.29) is 5.96 Å². The Labute approximate surface area is 94.2 Å². The minimum Gasteiger partial charge on any atom is -0.480 e. The van der Waals surface area contributed by atoms with E-state index in [1.54, 1.807) is 0 Å². The highest BCUT2D eigenvalue weighted by Gasteiger charge is 2.09. The van der Waals surface area contributed by atoms with Gasteiger partial charge in [0.1, 0.15) is 6.04 Å². The SMILES string of the molecule is N=C(N)NCCCC(N)C(=O)O.O[SiH](O)O. The van der Waals surface area contributed by atoms with Crippen LogP contribution in [-0.4, -0.2) is 53.5 Å². The molecule has 0 aromatic heterocycles. The third kappa shape index (κ3) is 18.6. The van der Waals surface area contributed by atoms with Crippen molar-refractivity contribution in [3.8, 4) is 0 Å². The summed E-state index contributed by atoms with van der Waals surface area (Å²) < 4.78 is 0. The van der Waals surface area contributed by atoms with Gasteiger partial charge < -0.3 is 36.3 Å². The van der Waals surface area contributed by atoms with Gasteiger partial charge >= 0.3 is 15.5 Å². The largest absolute Gasteiger partial charge is 0.480 e. The van der Waals surface area contributed by atoms with E-state index in [4.69, 9.17) is 36.4 Å². The molecule has 0 spiro atoms. The molecule has 0 amide bonds. The Kier molecular flexibility index (Phi) is 11.1. The van der Waals surface area contributed by atoms with Crippen LogP contribution >= 0.6 is 0 Å². The standard InChI is InChI=1S/C6H14N4O2.H4O3Si/c7-4(5(11)12)2-1-3-10-6(8)9;1-4(2)3/h4H,1-3,7H2,(H,11,12)(H4,8,9,10);1-4H. The lowest BCUT2D eigenvalue weighted by atomic mass is 10.2. The van der Waals surface area contributed by atoms with Crippen LogP contribution in [0.4, 0.5) is 0 Å². The molecule has 0 aliphatic heterocycles. The van der Waals surface area contributed by atoms with Gasteiger partial charge in [-0.05, 0) is 12.8 Å². The normalized spacial score (nSPS) is 11.3. The van der Waals surface area contributed by atoms with Gasteiger partial charge in [0, 0.05) is 6.54 Å². The van der Waals surface area contributed by atoms with Gasteiger partial charge in [0.05, 0.1) is 0 Å². The summed E-state index contributed by atoms with van der Waals surface area (Å²) in [5, 5.41) is 17.7. The van der Waals surface area contributed by atoms with Gasteiger partial charge in [-0.1, -0.05) is 0 Å². The summed E-state index contributed by atoms with van der Waals surface area (Å²) in [6.45, 7) is 0.482. The summed E-state index contributed by atoms with van der Waals surface area (Å²) >= 11 is 0. The van der Waals surface area contributed by atoms with Gasteiger partial charge in [-0.2, -0.15) is 0 Å². The van der Waals surface area contributed by atoms with Crippen LogP contribution < -0.4 is 16.8 Å². The van der Waals surface area contributed by atoms with Crippen LogP contribution in [0.1, 0.15) is 12.8 Å². The molecule has 0 rings (SSSR count). The Morgan fingerprint density at radius 1 is 1.44 bits per heavy atom. The van der Waals surface area contributed by atoms with Crippen molar-refractivity contribution in [3.63, 3.8) is 0 Å². The summed E-state index contributed by atoms with van der Waals surface area (Å²) in [5.41, 5.74) is 10.2. The van der Waals surface area contributed by atoms with Crippen LogP contribution in [-0.2, 0) is 4.79 Å². The Morgan fingerprint density at radius 2 is 1.88 bits per heavy atom. The molecule has 0 fully saturated rings. The topological polar surface area (TPSA) is 186 Å². The first-order chi connectivity index (χ1) is 7.27. The zero-order valence-corrected chi connectivity index (χ0v) is 9.78. The Balaban J connectivity index is 0. The van der Waals surface area contributed by atoms with Gasteiger partial charge in [0.2, 0.25) is 0 Å². The van der Waals surface area contributed by atoms with E-state index < -0.39 is 21.5 Å². The van der Waals surface area contributed by atoms with Gasteiger partial charge in [-0.3, -0.25) is 10.2 Å². The molecule has 1 atom stereocenters. The maximum absolute atomic E-state index is 10.2. The first-order valence-electron chi connectivity index (χ1n) is 4.37. The highest BCUT2D eigenvalue weighted by atomic mass is 28.3. The van der Waals surface area contributed by atoms with E-state index >= 15 is 0 Å². The van der Waals surface area contributed by atoms with Gasteiger partial charge in [0.15, 0.2) is 5.96 Å². The van der Waals surface area contributed by atoms with Crippen LogP contribution in [0.15, 0.2) is 0 Å². The number of nitrogens with one attached hydrogen (secondary N) is 2. The predicted octanol–water partition coefficient (Wildman–Crippen LogP) is -3.66. The molecule has 10 N–H and O–H groups in total. The number of carbonyl (C=O) groups is 1. The highest BCUT2D eigenvalue weighted by Crippen LogP contribution is 1.92. The van der Waals surface area contributed by atoms with Crippen LogP contribution in [0.25, 0.3) is 0 Å². The first-order valence-corrected chi connectivity index (χ1v) is 5.92. The summed E-state index contributed by atoms with van der Waals surface area (Å²) in [6.07, 6.45) is 0.975. The minimum absolute atomic E-state index is 0.112. The zero-order chi connectivity index (χ0) is 13.1. The van der Waals surface area contributed by atoms with Crippen LogP contribution in [0.2, 0.25) is 0 Å². The minimum atomic E-state index is -3.14. The van der Waals surface area contributed by atoms with Crippen molar-refractivity contribution in [1.82, 2.24) is 5.32 Å². The number of nitrogens with two attached hydrogens (primary N) is 2. The predicted molar refractivity (Wildman–Crippen MR) is 58.6 cm³/mol. The molecule has 0 aliphatic carbocycles. The number of hydrogen-bond acceptors (Lipinski definition) is 6. The van der Waals surface area contributed by atoms with Gasteiger partial charge in [-0.25, -0.2) is 0 Å². The van der Waals surface area contributed by atoms with Crippen molar-refractivity contribution in [3.05, 3.63) is 0 Å². The molecule has 1 unspecified atom stereocenters. The van der Waals surface area contributed by atoms with Crippen LogP contribution in [0, 0.1) is 5.41 Å². The lowest BCUT2D eigenvalue weighted by Crippen LogP contribution is -2.34. The van der Waals surface area contributed by atoms with E-state index in [9.17, 15) is 4.79 Å². The average Bonchev–Trinajstić information content (AvgIpc) is 2.10. The molecule has 0 bridgehead atoms. The number of aliphatic carboxylic acids is 1. The second-order valence-electron chi connectivity index (χ2n) is 2.77. The quantitative estimate of drug-likeness (QED) is 0.107.